The molecule has 170 valence electrons. The minimum atomic E-state index is -3.58. The topological polar surface area (TPSA) is 105 Å². The highest BCUT2D eigenvalue weighted by atomic mass is 32.2. The molecule has 1 aromatic carbocycles. The van der Waals surface area contributed by atoms with E-state index in [1.54, 1.807) is 32.0 Å². The normalized spacial score (nSPS) is 15.3. The molecule has 0 radical (unpaired) electrons. The van der Waals surface area contributed by atoms with Crippen LogP contribution in [0.2, 0.25) is 0 Å². The fourth-order valence-electron chi connectivity index (χ4n) is 3.71. The Morgan fingerprint density at radius 3 is 2.65 bits per heavy atom. The summed E-state index contributed by atoms with van der Waals surface area (Å²) in [6.07, 6.45) is 6.16. The maximum absolute atomic E-state index is 12.7. The molecule has 3 rings (SSSR count). The minimum Gasteiger partial charge on any atom is -0.411 e. The van der Waals surface area contributed by atoms with Crippen LogP contribution in [0.3, 0.4) is 0 Å². The summed E-state index contributed by atoms with van der Waals surface area (Å²) in [5.41, 5.74) is 0.523. The number of carbonyl (C=O) groups excluding carboxylic acids is 1. The largest absolute Gasteiger partial charge is 0.411 e. The average molecular weight is 467 g/mol. The molecule has 1 aliphatic rings. The van der Waals surface area contributed by atoms with Gasteiger partial charge in [-0.05, 0) is 37.0 Å². The van der Waals surface area contributed by atoms with Crippen molar-refractivity contribution in [3.63, 3.8) is 0 Å². The number of nitrogens with one attached hydrogen (secondary N) is 1. The first-order valence-electron chi connectivity index (χ1n) is 10.8. The monoisotopic (exact) mass is 466 g/mol. The molecular weight excluding hydrogens is 436 g/mol. The van der Waals surface area contributed by atoms with Crippen LogP contribution in [0.25, 0.3) is 11.5 Å². The highest BCUT2D eigenvalue weighted by Crippen LogP contribution is 2.26. The van der Waals surface area contributed by atoms with Gasteiger partial charge >= 0.3 is 0 Å². The van der Waals surface area contributed by atoms with Gasteiger partial charge in [0.2, 0.25) is 21.8 Å². The Hall–Kier alpha value is -1.91. The smallest absolute Gasteiger partial charge is 0.277 e. The van der Waals surface area contributed by atoms with Crippen LogP contribution in [0, 0.1) is 5.92 Å². The summed E-state index contributed by atoms with van der Waals surface area (Å²) < 4.78 is 32.5. The van der Waals surface area contributed by atoms with Gasteiger partial charge in [0.25, 0.3) is 5.22 Å². The minimum absolute atomic E-state index is 0.0531. The molecule has 0 saturated heterocycles. The van der Waals surface area contributed by atoms with Crippen molar-refractivity contribution in [2.24, 2.45) is 5.92 Å². The van der Waals surface area contributed by atoms with Gasteiger partial charge in [0.1, 0.15) is 0 Å². The molecule has 1 aliphatic carbocycles. The molecule has 0 aliphatic heterocycles. The molecule has 0 unspecified atom stereocenters. The maximum atomic E-state index is 12.7. The molecule has 10 heteroatoms. The van der Waals surface area contributed by atoms with Crippen LogP contribution >= 0.6 is 11.8 Å². The Bertz CT molecular complexity index is 967. The van der Waals surface area contributed by atoms with Crippen molar-refractivity contribution in [2.75, 3.05) is 25.4 Å². The number of rotatable bonds is 10. The number of nitrogens with zero attached hydrogens (tertiary/aromatic N) is 3. The summed E-state index contributed by atoms with van der Waals surface area (Å²) >= 11 is 1.17. The van der Waals surface area contributed by atoms with Gasteiger partial charge in [-0.2, -0.15) is 4.31 Å². The second-order valence-corrected chi connectivity index (χ2v) is 10.5. The van der Waals surface area contributed by atoms with Gasteiger partial charge in [0.15, 0.2) is 0 Å². The third-order valence-corrected chi connectivity index (χ3v) is 8.33. The lowest BCUT2D eigenvalue weighted by Crippen LogP contribution is -2.31. The van der Waals surface area contributed by atoms with Gasteiger partial charge in [-0.25, -0.2) is 8.42 Å². The third-order valence-electron chi connectivity index (χ3n) is 5.47. The molecule has 1 N–H and O–H groups in total. The predicted octanol–water partition coefficient (Wildman–Crippen LogP) is 3.56. The quantitative estimate of drug-likeness (QED) is 0.534. The molecule has 1 heterocycles. The van der Waals surface area contributed by atoms with Gasteiger partial charge in [0, 0.05) is 25.2 Å². The molecule has 8 nitrogen and oxygen atoms in total. The molecule has 2 aromatic rings. The van der Waals surface area contributed by atoms with Gasteiger partial charge in [-0.3, -0.25) is 4.79 Å². The van der Waals surface area contributed by atoms with E-state index in [0.29, 0.717) is 24.6 Å². The fraction of sp³-hybridized carbons (Fsp3) is 0.571. The summed E-state index contributed by atoms with van der Waals surface area (Å²) in [4.78, 5) is 12.3. The number of thioether (sulfide) groups is 1. The molecule has 31 heavy (non-hydrogen) atoms. The lowest BCUT2D eigenvalue weighted by atomic mass is 9.89. The fourth-order valence-corrected chi connectivity index (χ4v) is 5.81. The van der Waals surface area contributed by atoms with Crippen LogP contribution in [0.1, 0.15) is 46.0 Å². The van der Waals surface area contributed by atoms with Crippen molar-refractivity contribution in [3.05, 3.63) is 24.3 Å². The summed E-state index contributed by atoms with van der Waals surface area (Å²) in [7, 11) is -3.58. The van der Waals surface area contributed by atoms with Crippen LogP contribution in [0.4, 0.5) is 0 Å². The van der Waals surface area contributed by atoms with Crippen molar-refractivity contribution in [2.45, 2.75) is 56.1 Å². The van der Waals surface area contributed by atoms with E-state index in [2.05, 4.69) is 15.5 Å². The first-order chi connectivity index (χ1) is 14.9. The van der Waals surface area contributed by atoms with Gasteiger partial charge in [-0.1, -0.05) is 50.9 Å². The van der Waals surface area contributed by atoms with Gasteiger partial charge < -0.3 is 9.73 Å². The Kier molecular flexibility index (Phi) is 8.50. The van der Waals surface area contributed by atoms with E-state index in [-0.39, 0.29) is 27.7 Å². The lowest BCUT2D eigenvalue weighted by molar-refractivity contribution is -0.118. The third kappa shape index (κ3) is 6.30. The Labute approximate surface area is 188 Å². The van der Waals surface area contributed by atoms with Crippen LogP contribution in [0.15, 0.2) is 38.8 Å². The second kappa shape index (κ2) is 11.1. The van der Waals surface area contributed by atoms with Gasteiger partial charge in [-0.15, -0.1) is 10.2 Å². The molecule has 0 spiro atoms. The molecular formula is C21H30N4O4S2. The highest BCUT2D eigenvalue weighted by molar-refractivity contribution is 7.99. The number of carbonyl (C=O) groups is 1. The van der Waals surface area contributed by atoms with Crippen LogP contribution < -0.4 is 5.32 Å². The summed E-state index contributed by atoms with van der Waals surface area (Å²) in [6, 6.07) is 6.47. The molecule has 0 bridgehead atoms. The summed E-state index contributed by atoms with van der Waals surface area (Å²) in [5.74, 6) is 0.951. The zero-order chi connectivity index (χ0) is 22.3. The average Bonchev–Trinajstić information content (AvgIpc) is 3.27. The van der Waals surface area contributed by atoms with E-state index >= 15 is 0 Å². The van der Waals surface area contributed by atoms with E-state index in [1.807, 2.05) is 0 Å². The first-order valence-corrected chi connectivity index (χ1v) is 13.2. The van der Waals surface area contributed by atoms with Crippen molar-refractivity contribution in [1.29, 1.82) is 0 Å². The zero-order valence-electron chi connectivity index (χ0n) is 18.0. The van der Waals surface area contributed by atoms with E-state index in [0.717, 1.165) is 6.54 Å². The standard InChI is InChI=1S/C21H30N4O4S2/c1-3-25(4-2)31(27,28)18-12-8-11-17(13-18)20-23-24-21(29-20)30-15-19(26)22-14-16-9-6-5-7-10-16/h8,11-13,16H,3-7,9-10,14-15H2,1-2H3,(H,22,26). The van der Waals surface area contributed by atoms with Crippen molar-refractivity contribution < 1.29 is 17.6 Å². The molecule has 0 atom stereocenters. The summed E-state index contributed by atoms with van der Waals surface area (Å²) in [6.45, 7) is 5.12. The number of hydrogen-bond acceptors (Lipinski definition) is 7. The van der Waals surface area contributed by atoms with E-state index in [4.69, 9.17) is 4.42 Å². The van der Waals surface area contributed by atoms with Crippen LogP contribution in [-0.4, -0.2) is 54.2 Å². The van der Waals surface area contributed by atoms with E-state index in [1.165, 1.54) is 54.2 Å². The molecule has 1 aromatic heterocycles. The maximum Gasteiger partial charge on any atom is 0.277 e. The predicted molar refractivity (Wildman–Crippen MR) is 120 cm³/mol. The SMILES string of the molecule is CCN(CC)S(=O)(=O)c1cccc(-c2nnc(SCC(=O)NCC3CCCCC3)o2)c1. The molecule has 1 fully saturated rings. The number of hydrogen-bond donors (Lipinski definition) is 1. The lowest BCUT2D eigenvalue weighted by Gasteiger charge is -2.21. The zero-order valence-corrected chi connectivity index (χ0v) is 19.7. The molecule has 1 saturated carbocycles. The number of sulfonamides is 1. The number of amides is 1. The Balaban J connectivity index is 1.58. The summed E-state index contributed by atoms with van der Waals surface area (Å²) in [5, 5.41) is 11.3. The highest BCUT2D eigenvalue weighted by Gasteiger charge is 2.23. The Morgan fingerprint density at radius 2 is 1.94 bits per heavy atom. The van der Waals surface area contributed by atoms with Gasteiger partial charge in [0.05, 0.1) is 10.6 Å². The second-order valence-electron chi connectivity index (χ2n) is 7.59. The van der Waals surface area contributed by atoms with E-state index in [9.17, 15) is 13.2 Å². The number of aromatic nitrogens is 2. The van der Waals surface area contributed by atoms with Crippen molar-refractivity contribution in [3.8, 4) is 11.5 Å². The van der Waals surface area contributed by atoms with Crippen molar-refractivity contribution >= 4 is 27.7 Å². The van der Waals surface area contributed by atoms with Crippen LogP contribution in [-0.2, 0) is 14.8 Å². The van der Waals surface area contributed by atoms with Crippen LogP contribution in [0.5, 0.6) is 0 Å². The number of benzene rings is 1. The first kappa shape index (κ1) is 23.7. The Morgan fingerprint density at radius 1 is 1.19 bits per heavy atom. The van der Waals surface area contributed by atoms with Crippen molar-refractivity contribution in [1.82, 2.24) is 19.8 Å². The van der Waals surface area contributed by atoms with E-state index < -0.39 is 10.0 Å². The molecule has 1 amide bonds.